The maximum atomic E-state index is 12.5. The van der Waals surface area contributed by atoms with E-state index in [2.05, 4.69) is 0 Å². The molecule has 0 fully saturated rings. The molecule has 1 atom stereocenters. The lowest BCUT2D eigenvalue weighted by Gasteiger charge is -2.28. The molecule has 116 valence electrons. The molecule has 0 saturated carbocycles. The molecule has 0 radical (unpaired) electrons. The second-order valence-electron chi connectivity index (χ2n) is 5.42. The van der Waals surface area contributed by atoms with Crippen LogP contribution in [-0.2, 0) is 16.8 Å². The van der Waals surface area contributed by atoms with Crippen LogP contribution in [0.15, 0.2) is 18.2 Å². The van der Waals surface area contributed by atoms with Gasteiger partial charge in [0, 0.05) is 26.7 Å². The Morgan fingerprint density at radius 2 is 1.90 bits per heavy atom. The number of aryl methyl sites for hydroxylation is 2. The summed E-state index contributed by atoms with van der Waals surface area (Å²) in [6.45, 7) is 6.00. The van der Waals surface area contributed by atoms with Gasteiger partial charge >= 0.3 is 0 Å². The number of nitriles is 1. The zero-order valence-corrected chi connectivity index (χ0v) is 14.1. The van der Waals surface area contributed by atoms with Crippen molar-refractivity contribution < 1.29 is 8.42 Å². The molecule has 0 aliphatic heterocycles. The van der Waals surface area contributed by atoms with Crippen molar-refractivity contribution in [1.82, 2.24) is 8.61 Å². The average molecular weight is 309 g/mol. The van der Waals surface area contributed by atoms with E-state index in [0.29, 0.717) is 6.54 Å². The fraction of sp³-hybridized carbons (Fsp3) is 0.533. The summed E-state index contributed by atoms with van der Waals surface area (Å²) in [5, 5.41) is 8.71. The van der Waals surface area contributed by atoms with Crippen molar-refractivity contribution >= 4 is 10.2 Å². The largest absolute Gasteiger partial charge is 0.282 e. The molecule has 0 amide bonds. The Kier molecular flexibility index (Phi) is 5.90. The van der Waals surface area contributed by atoms with Crippen molar-refractivity contribution in [1.29, 1.82) is 5.26 Å². The second-order valence-corrected chi connectivity index (χ2v) is 7.52. The van der Waals surface area contributed by atoms with E-state index in [1.807, 2.05) is 38.1 Å². The summed E-state index contributed by atoms with van der Waals surface area (Å²) in [6.07, 6.45) is 0.174. The third-order valence-corrected chi connectivity index (χ3v) is 5.67. The molecule has 0 spiro atoms. The van der Waals surface area contributed by atoms with Gasteiger partial charge in [-0.1, -0.05) is 23.8 Å². The van der Waals surface area contributed by atoms with Gasteiger partial charge in [-0.3, -0.25) is 0 Å². The molecule has 6 heteroatoms. The van der Waals surface area contributed by atoms with Crippen LogP contribution in [0.4, 0.5) is 0 Å². The van der Waals surface area contributed by atoms with E-state index < -0.39 is 10.2 Å². The smallest absolute Gasteiger partial charge is 0.198 e. The number of rotatable bonds is 6. The van der Waals surface area contributed by atoms with Crippen molar-refractivity contribution in [2.24, 2.45) is 0 Å². The van der Waals surface area contributed by atoms with Crippen LogP contribution >= 0.6 is 0 Å². The monoisotopic (exact) mass is 309 g/mol. The highest BCUT2D eigenvalue weighted by atomic mass is 32.2. The van der Waals surface area contributed by atoms with Crippen LogP contribution in [0.5, 0.6) is 0 Å². The predicted molar refractivity (Wildman–Crippen MR) is 83.8 cm³/mol. The fourth-order valence-electron chi connectivity index (χ4n) is 2.00. The van der Waals surface area contributed by atoms with Crippen LogP contribution in [0.2, 0.25) is 0 Å². The van der Waals surface area contributed by atoms with Gasteiger partial charge in [-0.2, -0.15) is 22.3 Å². The van der Waals surface area contributed by atoms with Gasteiger partial charge in [-0.15, -0.1) is 0 Å². The Hall–Kier alpha value is -1.42. The molecule has 0 saturated heterocycles. The van der Waals surface area contributed by atoms with Crippen molar-refractivity contribution in [3.05, 3.63) is 34.9 Å². The zero-order chi connectivity index (χ0) is 16.2. The van der Waals surface area contributed by atoms with Gasteiger partial charge in [0.15, 0.2) is 0 Å². The van der Waals surface area contributed by atoms with Gasteiger partial charge in [0.25, 0.3) is 10.2 Å². The third kappa shape index (κ3) is 4.27. The van der Waals surface area contributed by atoms with Gasteiger partial charge < -0.3 is 0 Å². The molecule has 21 heavy (non-hydrogen) atoms. The summed E-state index contributed by atoms with van der Waals surface area (Å²) < 4.78 is 27.6. The molecular formula is C15H23N3O2S. The Labute approximate surface area is 128 Å². The van der Waals surface area contributed by atoms with Gasteiger partial charge in [-0.25, -0.2) is 0 Å². The summed E-state index contributed by atoms with van der Waals surface area (Å²) in [5.74, 6) is 0. The van der Waals surface area contributed by atoms with Crippen molar-refractivity contribution in [3.8, 4) is 6.07 Å². The number of benzene rings is 1. The number of hydrogen-bond donors (Lipinski definition) is 0. The first-order valence-corrected chi connectivity index (χ1v) is 8.22. The highest BCUT2D eigenvalue weighted by Gasteiger charge is 2.27. The first-order chi connectivity index (χ1) is 9.70. The normalized spacial score (nSPS) is 13.4. The fourth-order valence-corrected chi connectivity index (χ4v) is 3.27. The first-order valence-electron chi connectivity index (χ1n) is 6.82. The SMILES string of the molecule is Cc1ccc(C)c(CN(C)S(=O)(=O)N(C)C(C)CC#N)c1. The van der Waals surface area contributed by atoms with Gasteiger partial charge in [0.1, 0.15) is 0 Å². The van der Waals surface area contributed by atoms with Crippen LogP contribution in [0.25, 0.3) is 0 Å². The van der Waals surface area contributed by atoms with Crippen LogP contribution < -0.4 is 0 Å². The minimum Gasteiger partial charge on any atom is -0.198 e. The third-order valence-electron chi connectivity index (χ3n) is 3.66. The van der Waals surface area contributed by atoms with Crippen LogP contribution in [0.3, 0.4) is 0 Å². The highest BCUT2D eigenvalue weighted by molar-refractivity contribution is 7.86. The van der Waals surface area contributed by atoms with E-state index in [4.69, 9.17) is 5.26 Å². The minimum absolute atomic E-state index is 0.174. The van der Waals surface area contributed by atoms with Crippen molar-refractivity contribution in [2.75, 3.05) is 14.1 Å². The molecule has 0 aromatic heterocycles. The quantitative estimate of drug-likeness (QED) is 0.809. The molecular weight excluding hydrogens is 286 g/mol. The van der Waals surface area contributed by atoms with E-state index in [1.165, 1.54) is 15.7 Å². The number of hydrogen-bond acceptors (Lipinski definition) is 3. The van der Waals surface area contributed by atoms with Gasteiger partial charge in [-0.05, 0) is 31.9 Å². The predicted octanol–water partition coefficient (Wildman–Crippen LogP) is 2.21. The van der Waals surface area contributed by atoms with E-state index in [1.54, 1.807) is 14.0 Å². The lowest BCUT2D eigenvalue weighted by atomic mass is 10.1. The summed E-state index contributed by atoms with van der Waals surface area (Å²) >= 11 is 0. The Morgan fingerprint density at radius 1 is 1.29 bits per heavy atom. The lowest BCUT2D eigenvalue weighted by Crippen LogP contribution is -2.43. The topological polar surface area (TPSA) is 64.4 Å². The summed E-state index contributed by atoms with van der Waals surface area (Å²) in [7, 11) is -0.500. The molecule has 1 rings (SSSR count). The standard InChI is InChI=1S/C15H23N3O2S/c1-12-6-7-13(2)15(10-12)11-17(4)21(19,20)18(5)14(3)8-9-16/h6-7,10,14H,8,11H2,1-5H3. The Balaban J connectivity index is 2.94. The van der Waals surface area contributed by atoms with E-state index in [0.717, 1.165) is 16.7 Å². The molecule has 0 aliphatic carbocycles. The van der Waals surface area contributed by atoms with E-state index in [-0.39, 0.29) is 12.5 Å². The molecule has 1 unspecified atom stereocenters. The van der Waals surface area contributed by atoms with Crippen LogP contribution in [0, 0.1) is 25.2 Å². The van der Waals surface area contributed by atoms with E-state index >= 15 is 0 Å². The summed E-state index contributed by atoms with van der Waals surface area (Å²) in [6, 6.07) is 7.66. The molecule has 1 aromatic rings. The zero-order valence-electron chi connectivity index (χ0n) is 13.3. The van der Waals surface area contributed by atoms with E-state index in [9.17, 15) is 8.42 Å². The second kappa shape index (κ2) is 7.03. The average Bonchev–Trinajstić information content (AvgIpc) is 2.42. The highest BCUT2D eigenvalue weighted by Crippen LogP contribution is 2.17. The van der Waals surface area contributed by atoms with Crippen molar-refractivity contribution in [2.45, 2.75) is 39.8 Å². The van der Waals surface area contributed by atoms with Crippen LogP contribution in [-0.4, -0.2) is 37.2 Å². The maximum Gasteiger partial charge on any atom is 0.282 e. The molecule has 5 nitrogen and oxygen atoms in total. The molecule has 0 bridgehead atoms. The van der Waals surface area contributed by atoms with Gasteiger partial charge in [0.05, 0.1) is 12.5 Å². The summed E-state index contributed by atoms with van der Waals surface area (Å²) in [4.78, 5) is 0. The van der Waals surface area contributed by atoms with Gasteiger partial charge in [0.2, 0.25) is 0 Å². The molecule has 0 aliphatic rings. The molecule has 0 N–H and O–H groups in total. The maximum absolute atomic E-state index is 12.5. The van der Waals surface area contributed by atoms with Crippen molar-refractivity contribution in [3.63, 3.8) is 0 Å². The summed E-state index contributed by atoms with van der Waals surface area (Å²) in [5.41, 5.74) is 3.16. The molecule has 0 heterocycles. The van der Waals surface area contributed by atoms with Crippen LogP contribution in [0.1, 0.15) is 30.0 Å². The lowest BCUT2D eigenvalue weighted by molar-refractivity contribution is 0.344. The molecule has 1 aromatic carbocycles. The first kappa shape index (κ1) is 17.6. The Morgan fingerprint density at radius 3 is 2.48 bits per heavy atom. The Bertz CT molecular complexity index is 635. The number of nitrogens with zero attached hydrogens (tertiary/aromatic N) is 3. The minimum atomic E-state index is -3.57.